The number of aryl methyl sites for hydroxylation is 1. The second-order valence-corrected chi connectivity index (χ2v) is 5.87. The third-order valence-electron chi connectivity index (χ3n) is 3.56. The highest BCUT2D eigenvalue weighted by atomic mass is 32.1. The average Bonchev–Trinajstić information content (AvgIpc) is 2.45. The van der Waals surface area contributed by atoms with Crippen molar-refractivity contribution in [2.24, 2.45) is 0 Å². The van der Waals surface area contributed by atoms with Crippen molar-refractivity contribution in [3.05, 3.63) is 46.0 Å². The van der Waals surface area contributed by atoms with Crippen LogP contribution in [0.4, 0.5) is 0 Å². The first-order chi connectivity index (χ1) is 10.1. The maximum atomic E-state index is 5.96. The fourth-order valence-corrected chi connectivity index (χ4v) is 3.09. The standard InChI is InChI=1S/C16H18N2O2S/c1-9(2)14-10(3)17-15(18-16(14)21)13-8-19-11-6-4-5-7-12(11)20-13/h4-7,9,13H,8H2,1-3H3,(H,17,18,21). The van der Waals surface area contributed by atoms with Crippen molar-refractivity contribution in [3.8, 4) is 11.5 Å². The Morgan fingerprint density at radius 2 is 2.00 bits per heavy atom. The minimum Gasteiger partial charge on any atom is -0.485 e. The number of H-pyrrole nitrogens is 1. The lowest BCUT2D eigenvalue weighted by Gasteiger charge is -2.26. The molecule has 1 aromatic heterocycles. The van der Waals surface area contributed by atoms with Gasteiger partial charge >= 0.3 is 0 Å². The molecule has 5 heteroatoms. The van der Waals surface area contributed by atoms with Crippen LogP contribution in [-0.2, 0) is 0 Å². The molecule has 0 saturated carbocycles. The second-order valence-electron chi connectivity index (χ2n) is 5.48. The van der Waals surface area contributed by atoms with E-state index in [0.717, 1.165) is 28.6 Å². The van der Waals surface area contributed by atoms with Gasteiger partial charge in [0.15, 0.2) is 23.4 Å². The van der Waals surface area contributed by atoms with Crippen LogP contribution in [0.3, 0.4) is 0 Å². The quantitative estimate of drug-likeness (QED) is 0.849. The van der Waals surface area contributed by atoms with Crippen molar-refractivity contribution in [1.29, 1.82) is 0 Å². The van der Waals surface area contributed by atoms with Crippen molar-refractivity contribution < 1.29 is 9.47 Å². The van der Waals surface area contributed by atoms with E-state index in [4.69, 9.17) is 21.7 Å². The molecule has 1 N–H and O–H groups in total. The molecule has 0 fully saturated rings. The zero-order valence-electron chi connectivity index (χ0n) is 12.3. The Labute approximate surface area is 129 Å². The Morgan fingerprint density at radius 1 is 1.29 bits per heavy atom. The molecular formula is C16H18N2O2S. The molecule has 1 atom stereocenters. The molecule has 0 spiro atoms. The summed E-state index contributed by atoms with van der Waals surface area (Å²) in [5.41, 5.74) is 2.13. The number of nitrogens with one attached hydrogen (secondary N) is 1. The molecule has 2 heterocycles. The van der Waals surface area contributed by atoms with Gasteiger partial charge in [-0.2, -0.15) is 0 Å². The Kier molecular flexibility index (Phi) is 3.68. The minimum atomic E-state index is -0.262. The van der Waals surface area contributed by atoms with E-state index in [9.17, 15) is 0 Å². The summed E-state index contributed by atoms with van der Waals surface area (Å²) in [5, 5.41) is 0. The lowest BCUT2D eigenvalue weighted by atomic mass is 10.0. The number of ether oxygens (including phenoxy) is 2. The van der Waals surface area contributed by atoms with Crippen LogP contribution in [0.15, 0.2) is 24.3 Å². The molecule has 1 aromatic carbocycles. The highest BCUT2D eigenvalue weighted by Gasteiger charge is 2.25. The van der Waals surface area contributed by atoms with Crippen LogP contribution >= 0.6 is 12.2 Å². The van der Waals surface area contributed by atoms with Crippen molar-refractivity contribution in [2.75, 3.05) is 6.61 Å². The largest absolute Gasteiger partial charge is 0.485 e. The normalized spacial score (nSPS) is 17.0. The first-order valence-electron chi connectivity index (χ1n) is 7.05. The van der Waals surface area contributed by atoms with Crippen molar-refractivity contribution in [1.82, 2.24) is 9.97 Å². The molecule has 3 rings (SSSR count). The fraction of sp³-hybridized carbons (Fsp3) is 0.375. The van der Waals surface area contributed by atoms with Gasteiger partial charge < -0.3 is 14.5 Å². The molecule has 0 saturated heterocycles. The van der Waals surface area contributed by atoms with E-state index in [1.54, 1.807) is 0 Å². The summed E-state index contributed by atoms with van der Waals surface area (Å²) in [6, 6.07) is 7.64. The summed E-state index contributed by atoms with van der Waals surface area (Å²) < 4.78 is 12.3. The number of hydrogen-bond donors (Lipinski definition) is 1. The minimum absolute atomic E-state index is 0.262. The van der Waals surface area contributed by atoms with Gasteiger partial charge in [0.2, 0.25) is 0 Å². The van der Waals surface area contributed by atoms with Gasteiger partial charge in [-0.1, -0.05) is 38.2 Å². The molecule has 1 unspecified atom stereocenters. The second kappa shape index (κ2) is 5.48. The van der Waals surface area contributed by atoms with E-state index in [2.05, 4.69) is 23.8 Å². The topological polar surface area (TPSA) is 47.1 Å². The molecule has 1 aliphatic rings. The average molecular weight is 302 g/mol. The summed E-state index contributed by atoms with van der Waals surface area (Å²) in [4.78, 5) is 7.82. The molecule has 0 aliphatic carbocycles. The van der Waals surface area contributed by atoms with Crippen molar-refractivity contribution in [2.45, 2.75) is 32.8 Å². The summed E-state index contributed by atoms with van der Waals surface area (Å²) >= 11 is 5.42. The number of fused-ring (bicyclic) bond motifs is 1. The van der Waals surface area contributed by atoms with Gasteiger partial charge in [0.25, 0.3) is 0 Å². The van der Waals surface area contributed by atoms with Gasteiger partial charge in [-0.15, -0.1) is 0 Å². The third-order valence-corrected chi connectivity index (χ3v) is 3.87. The van der Waals surface area contributed by atoms with E-state index in [1.807, 2.05) is 31.2 Å². The first kappa shape index (κ1) is 14.1. The van der Waals surface area contributed by atoms with Crippen molar-refractivity contribution >= 4 is 12.2 Å². The summed E-state index contributed by atoms with van der Waals surface area (Å²) in [5.74, 6) is 2.57. The maximum Gasteiger partial charge on any atom is 0.190 e. The third kappa shape index (κ3) is 2.65. The molecule has 4 nitrogen and oxygen atoms in total. The first-order valence-corrected chi connectivity index (χ1v) is 7.46. The maximum absolute atomic E-state index is 5.96. The van der Waals surface area contributed by atoms with Crippen LogP contribution in [0, 0.1) is 11.6 Å². The monoisotopic (exact) mass is 302 g/mol. The van der Waals surface area contributed by atoms with Crippen LogP contribution in [-0.4, -0.2) is 16.6 Å². The fourth-order valence-electron chi connectivity index (χ4n) is 2.60. The van der Waals surface area contributed by atoms with Gasteiger partial charge in [0, 0.05) is 11.3 Å². The Hall–Kier alpha value is -1.88. The predicted octanol–water partition coefficient (Wildman–Crippen LogP) is 4.08. The number of rotatable bonds is 2. The SMILES string of the molecule is Cc1[nH]c(C2COc3ccccc3O2)nc(=S)c1C(C)C. The number of aromatic nitrogens is 2. The highest BCUT2D eigenvalue weighted by Crippen LogP contribution is 2.35. The molecule has 21 heavy (non-hydrogen) atoms. The molecule has 0 radical (unpaired) electrons. The van der Waals surface area contributed by atoms with Crippen LogP contribution in [0.5, 0.6) is 11.5 Å². The van der Waals surface area contributed by atoms with E-state index >= 15 is 0 Å². The van der Waals surface area contributed by atoms with Crippen LogP contribution < -0.4 is 9.47 Å². The number of benzene rings is 1. The molecule has 1 aliphatic heterocycles. The number of nitrogens with zero attached hydrogens (tertiary/aromatic N) is 1. The Morgan fingerprint density at radius 3 is 2.67 bits per heavy atom. The number of para-hydroxylation sites is 2. The smallest absolute Gasteiger partial charge is 0.190 e. The van der Waals surface area contributed by atoms with E-state index in [1.165, 1.54) is 0 Å². The molecule has 2 aromatic rings. The molecule has 0 amide bonds. The van der Waals surface area contributed by atoms with E-state index in [-0.39, 0.29) is 6.10 Å². The highest BCUT2D eigenvalue weighted by molar-refractivity contribution is 7.71. The lowest BCUT2D eigenvalue weighted by Crippen LogP contribution is -2.24. The zero-order chi connectivity index (χ0) is 15.0. The van der Waals surface area contributed by atoms with Gasteiger partial charge in [0.1, 0.15) is 11.2 Å². The van der Waals surface area contributed by atoms with Crippen LogP contribution in [0.2, 0.25) is 0 Å². The summed E-state index contributed by atoms with van der Waals surface area (Å²) in [7, 11) is 0. The Bertz CT molecular complexity index is 724. The number of hydrogen-bond acceptors (Lipinski definition) is 4. The molecular weight excluding hydrogens is 284 g/mol. The molecule has 0 bridgehead atoms. The van der Waals surface area contributed by atoms with Gasteiger partial charge in [-0.3, -0.25) is 0 Å². The van der Waals surface area contributed by atoms with Gasteiger partial charge in [-0.25, -0.2) is 4.98 Å². The number of aromatic amines is 1. The zero-order valence-corrected chi connectivity index (χ0v) is 13.2. The summed E-state index contributed by atoms with van der Waals surface area (Å²) in [6.07, 6.45) is -0.262. The predicted molar refractivity (Wildman–Crippen MR) is 83.6 cm³/mol. The van der Waals surface area contributed by atoms with Crippen molar-refractivity contribution in [3.63, 3.8) is 0 Å². The Balaban J connectivity index is 1.94. The summed E-state index contributed by atoms with van der Waals surface area (Å²) in [6.45, 7) is 6.68. The van der Waals surface area contributed by atoms with E-state index in [0.29, 0.717) is 17.2 Å². The van der Waals surface area contributed by atoms with Crippen LogP contribution in [0.1, 0.15) is 43.0 Å². The van der Waals surface area contributed by atoms with E-state index < -0.39 is 0 Å². The van der Waals surface area contributed by atoms with Crippen LogP contribution in [0.25, 0.3) is 0 Å². The molecule has 110 valence electrons. The van der Waals surface area contributed by atoms with Gasteiger partial charge in [0.05, 0.1) is 0 Å². The van der Waals surface area contributed by atoms with Gasteiger partial charge in [-0.05, 0) is 25.0 Å². The lowest BCUT2D eigenvalue weighted by molar-refractivity contribution is 0.0848.